The molecular weight excluding hydrogens is 372 g/mol. The topological polar surface area (TPSA) is 45.7 Å². The first-order valence-electron chi connectivity index (χ1n) is 9.40. The highest BCUT2D eigenvalue weighted by Gasteiger charge is 2.39. The van der Waals surface area contributed by atoms with Crippen molar-refractivity contribution in [2.45, 2.75) is 32.1 Å². The highest BCUT2D eigenvalue weighted by atomic mass is 32.1. The van der Waals surface area contributed by atoms with Gasteiger partial charge in [0, 0.05) is 39.0 Å². The van der Waals surface area contributed by atoms with E-state index in [2.05, 4.69) is 9.88 Å². The molecule has 2 aliphatic heterocycles. The molecule has 146 valence electrons. The lowest BCUT2D eigenvalue weighted by Gasteiger charge is -2.33. The Hall–Kier alpha value is -1.96. The number of carbonyl (C=O) groups is 1. The van der Waals surface area contributed by atoms with Crippen LogP contribution in [0.4, 0.5) is 13.9 Å². The number of piperidine rings is 1. The summed E-state index contributed by atoms with van der Waals surface area (Å²) < 4.78 is 33.2. The molecule has 2 aromatic rings. The molecule has 0 saturated carbocycles. The Morgan fingerprint density at radius 3 is 2.85 bits per heavy atom. The summed E-state index contributed by atoms with van der Waals surface area (Å²) in [4.78, 5) is 21.1. The molecule has 2 aliphatic rings. The first-order valence-corrected chi connectivity index (χ1v) is 10.2. The SMILES string of the molecule is CCOc1ccc2nc(N3CCC(C(=O)N4CCC(F)(F)CC4)C3)sc2c1. The van der Waals surface area contributed by atoms with Crippen LogP contribution in [0.1, 0.15) is 26.2 Å². The van der Waals surface area contributed by atoms with Crippen molar-refractivity contribution >= 4 is 32.6 Å². The second-order valence-corrected chi connectivity index (χ2v) is 8.18. The normalized spacial score (nSPS) is 22.4. The average Bonchev–Trinajstić information content (AvgIpc) is 3.28. The van der Waals surface area contributed by atoms with E-state index in [-0.39, 0.29) is 37.8 Å². The number of anilines is 1. The van der Waals surface area contributed by atoms with Gasteiger partial charge in [0.05, 0.1) is 22.7 Å². The molecule has 4 rings (SSSR count). The van der Waals surface area contributed by atoms with Crippen molar-refractivity contribution in [2.75, 3.05) is 37.7 Å². The zero-order valence-electron chi connectivity index (χ0n) is 15.3. The molecule has 0 N–H and O–H groups in total. The average molecular weight is 395 g/mol. The van der Waals surface area contributed by atoms with Gasteiger partial charge in [0.1, 0.15) is 5.75 Å². The van der Waals surface area contributed by atoms with Crippen molar-refractivity contribution in [3.63, 3.8) is 0 Å². The van der Waals surface area contributed by atoms with Crippen molar-refractivity contribution in [1.29, 1.82) is 0 Å². The number of alkyl halides is 2. The van der Waals surface area contributed by atoms with Crippen molar-refractivity contribution in [1.82, 2.24) is 9.88 Å². The minimum atomic E-state index is -2.63. The fraction of sp³-hybridized carbons (Fsp3) is 0.579. The number of hydrogen-bond acceptors (Lipinski definition) is 5. The summed E-state index contributed by atoms with van der Waals surface area (Å²) in [6, 6.07) is 5.86. The molecule has 2 fully saturated rings. The minimum Gasteiger partial charge on any atom is -0.494 e. The number of hydrogen-bond donors (Lipinski definition) is 0. The molecular formula is C19H23F2N3O2S. The third-order valence-electron chi connectivity index (χ3n) is 5.27. The van der Waals surface area contributed by atoms with Crippen LogP contribution in [-0.2, 0) is 4.79 Å². The van der Waals surface area contributed by atoms with E-state index in [1.54, 1.807) is 16.2 Å². The number of benzene rings is 1. The molecule has 3 heterocycles. The molecule has 1 aromatic carbocycles. The van der Waals surface area contributed by atoms with Crippen molar-refractivity contribution in [3.8, 4) is 5.75 Å². The molecule has 27 heavy (non-hydrogen) atoms. The van der Waals surface area contributed by atoms with E-state index in [9.17, 15) is 13.6 Å². The number of aromatic nitrogens is 1. The molecule has 0 bridgehead atoms. The number of carbonyl (C=O) groups excluding carboxylic acids is 1. The van der Waals surface area contributed by atoms with Gasteiger partial charge >= 0.3 is 0 Å². The van der Waals surface area contributed by atoms with Crippen molar-refractivity contribution < 1.29 is 18.3 Å². The maximum atomic E-state index is 13.3. The minimum absolute atomic E-state index is 0.00717. The summed E-state index contributed by atoms with van der Waals surface area (Å²) in [5.74, 6) is -1.92. The number of nitrogens with zero attached hydrogens (tertiary/aromatic N) is 3. The molecule has 2 saturated heterocycles. The summed E-state index contributed by atoms with van der Waals surface area (Å²) in [6.07, 6.45) is 0.288. The van der Waals surface area contributed by atoms with Gasteiger partial charge in [-0.15, -0.1) is 0 Å². The molecule has 5 nitrogen and oxygen atoms in total. The van der Waals surface area contributed by atoms with E-state index < -0.39 is 5.92 Å². The molecule has 0 spiro atoms. The maximum Gasteiger partial charge on any atom is 0.251 e. The summed E-state index contributed by atoms with van der Waals surface area (Å²) in [5, 5.41) is 0.902. The van der Waals surface area contributed by atoms with E-state index in [4.69, 9.17) is 4.74 Å². The highest BCUT2D eigenvalue weighted by molar-refractivity contribution is 7.22. The van der Waals surface area contributed by atoms with Gasteiger partial charge in [-0.25, -0.2) is 13.8 Å². The van der Waals surface area contributed by atoms with Gasteiger partial charge in [-0.1, -0.05) is 11.3 Å². The largest absolute Gasteiger partial charge is 0.494 e. The number of amides is 1. The van der Waals surface area contributed by atoms with E-state index in [0.717, 1.165) is 34.1 Å². The van der Waals surface area contributed by atoms with Gasteiger partial charge < -0.3 is 14.5 Å². The Kier molecular flexibility index (Phi) is 4.92. The molecule has 0 aliphatic carbocycles. The molecule has 8 heteroatoms. The van der Waals surface area contributed by atoms with Gasteiger partial charge in [-0.3, -0.25) is 4.79 Å². The van der Waals surface area contributed by atoms with Crippen molar-refractivity contribution in [3.05, 3.63) is 18.2 Å². The van der Waals surface area contributed by atoms with E-state index in [1.807, 2.05) is 25.1 Å². The summed E-state index contributed by atoms with van der Waals surface area (Å²) in [5.41, 5.74) is 0.923. The third kappa shape index (κ3) is 3.85. The standard InChI is InChI=1S/C19H23F2N3O2S/c1-2-26-14-3-4-15-16(11-14)27-18(22-15)24-8-5-13(12-24)17(25)23-9-6-19(20,21)7-10-23/h3-4,11,13H,2,5-10,12H2,1H3. The Morgan fingerprint density at radius 1 is 1.33 bits per heavy atom. The fourth-order valence-electron chi connectivity index (χ4n) is 3.73. The van der Waals surface area contributed by atoms with Crippen LogP contribution in [0.25, 0.3) is 10.2 Å². The van der Waals surface area contributed by atoms with Crippen LogP contribution in [0.15, 0.2) is 18.2 Å². The van der Waals surface area contributed by atoms with Gasteiger partial charge in [-0.05, 0) is 31.5 Å². The second-order valence-electron chi connectivity index (χ2n) is 7.17. The quantitative estimate of drug-likeness (QED) is 0.790. The second kappa shape index (κ2) is 7.22. The van der Waals surface area contributed by atoms with E-state index >= 15 is 0 Å². The first-order chi connectivity index (χ1) is 12.9. The lowest BCUT2D eigenvalue weighted by molar-refractivity contribution is -0.140. The van der Waals surface area contributed by atoms with E-state index in [1.165, 1.54) is 0 Å². The number of likely N-dealkylation sites (tertiary alicyclic amines) is 1. The smallest absolute Gasteiger partial charge is 0.251 e. The Morgan fingerprint density at radius 2 is 2.11 bits per heavy atom. The van der Waals surface area contributed by atoms with Gasteiger partial charge in [-0.2, -0.15) is 0 Å². The molecule has 1 amide bonds. The number of thiazole rings is 1. The molecule has 1 unspecified atom stereocenters. The summed E-state index contributed by atoms with van der Waals surface area (Å²) >= 11 is 1.59. The van der Waals surface area contributed by atoms with Crippen LogP contribution in [0.2, 0.25) is 0 Å². The lowest BCUT2D eigenvalue weighted by Crippen LogP contribution is -2.45. The molecule has 1 atom stereocenters. The summed E-state index contributed by atoms with van der Waals surface area (Å²) in [6.45, 7) is 4.25. The van der Waals surface area contributed by atoms with Crippen LogP contribution in [0, 0.1) is 5.92 Å². The van der Waals surface area contributed by atoms with Gasteiger partial charge in [0.15, 0.2) is 5.13 Å². The third-order valence-corrected chi connectivity index (χ3v) is 6.35. The predicted octanol–water partition coefficient (Wildman–Crippen LogP) is 3.78. The molecule has 1 aromatic heterocycles. The van der Waals surface area contributed by atoms with Gasteiger partial charge in [0.25, 0.3) is 5.92 Å². The van der Waals surface area contributed by atoms with Crippen LogP contribution in [0.5, 0.6) is 5.75 Å². The number of halogens is 2. The number of fused-ring (bicyclic) bond motifs is 1. The predicted molar refractivity (Wildman–Crippen MR) is 102 cm³/mol. The monoisotopic (exact) mass is 395 g/mol. The van der Waals surface area contributed by atoms with Crippen LogP contribution >= 0.6 is 11.3 Å². The highest BCUT2D eigenvalue weighted by Crippen LogP contribution is 2.35. The van der Waals surface area contributed by atoms with Crippen LogP contribution in [0.3, 0.4) is 0 Å². The molecule has 0 radical (unpaired) electrons. The lowest BCUT2D eigenvalue weighted by atomic mass is 10.0. The van der Waals surface area contributed by atoms with Crippen LogP contribution in [-0.4, -0.2) is 54.5 Å². The Labute approximate surface area is 160 Å². The Bertz CT molecular complexity index is 831. The summed E-state index contributed by atoms with van der Waals surface area (Å²) in [7, 11) is 0. The number of ether oxygens (including phenoxy) is 1. The van der Waals surface area contributed by atoms with E-state index in [0.29, 0.717) is 13.2 Å². The van der Waals surface area contributed by atoms with Crippen LogP contribution < -0.4 is 9.64 Å². The first kappa shape index (κ1) is 18.4. The maximum absolute atomic E-state index is 13.3. The zero-order chi connectivity index (χ0) is 19.0. The van der Waals surface area contributed by atoms with Crippen molar-refractivity contribution in [2.24, 2.45) is 5.92 Å². The number of rotatable bonds is 4. The zero-order valence-corrected chi connectivity index (χ0v) is 16.1. The van der Waals surface area contributed by atoms with Gasteiger partial charge in [0.2, 0.25) is 5.91 Å². The Balaban J connectivity index is 1.42. The fourth-order valence-corrected chi connectivity index (χ4v) is 4.76.